The SMILES string of the molecule is Cn1cnc2cc(CCNC(=O)c3ccccc3Cl)ccc21. The maximum Gasteiger partial charge on any atom is 0.252 e. The van der Waals surface area contributed by atoms with E-state index in [1.54, 1.807) is 30.6 Å². The van der Waals surface area contributed by atoms with Crippen molar-refractivity contribution in [1.82, 2.24) is 14.9 Å². The van der Waals surface area contributed by atoms with E-state index in [1.807, 2.05) is 17.7 Å². The van der Waals surface area contributed by atoms with Crippen molar-refractivity contribution in [2.75, 3.05) is 6.54 Å². The third-order valence-corrected chi connectivity index (χ3v) is 3.94. The molecule has 1 heterocycles. The molecular formula is C17H16ClN3O. The zero-order chi connectivity index (χ0) is 15.5. The number of imidazole rings is 1. The molecule has 5 heteroatoms. The first-order valence-corrected chi connectivity index (χ1v) is 7.45. The molecule has 3 aromatic rings. The molecule has 0 fully saturated rings. The lowest BCUT2D eigenvalue weighted by Gasteiger charge is -2.07. The van der Waals surface area contributed by atoms with Crippen LogP contribution in [0, 0.1) is 0 Å². The normalized spacial score (nSPS) is 10.8. The van der Waals surface area contributed by atoms with E-state index in [0.29, 0.717) is 17.1 Å². The Kier molecular flexibility index (Phi) is 4.11. The number of aromatic nitrogens is 2. The zero-order valence-corrected chi connectivity index (χ0v) is 13.0. The summed E-state index contributed by atoms with van der Waals surface area (Å²) >= 11 is 6.01. The number of hydrogen-bond donors (Lipinski definition) is 1. The third kappa shape index (κ3) is 2.97. The average molecular weight is 314 g/mol. The summed E-state index contributed by atoms with van der Waals surface area (Å²) in [5.41, 5.74) is 3.72. The van der Waals surface area contributed by atoms with Crippen LogP contribution in [0.15, 0.2) is 48.8 Å². The van der Waals surface area contributed by atoms with Gasteiger partial charge in [0.1, 0.15) is 0 Å². The van der Waals surface area contributed by atoms with Crippen LogP contribution in [0.5, 0.6) is 0 Å². The van der Waals surface area contributed by atoms with Gasteiger partial charge in [0.2, 0.25) is 0 Å². The highest BCUT2D eigenvalue weighted by atomic mass is 35.5. The molecule has 22 heavy (non-hydrogen) atoms. The van der Waals surface area contributed by atoms with Crippen LogP contribution in [-0.4, -0.2) is 22.0 Å². The van der Waals surface area contributed by atoms with Gasteiger partial charge >= 0.3 is 0 Å². The van der Waals surface area contributed by atoms with Crippen molar-refractivity contribution in [2.24, 2.45) is 7.05 Å². The van der Waals surface area contributed by atoms with Crippen molar-refractivity contribution in [1.29, 1.82) is 0 Å². The summed E-state index contributed by atoms with van der Waals surface area (Å²) in [5, 5.41) is 3.36. The summed E-state index contributed by atoms with van der Waals surface area (Å²) in [4.78, 5) is 16.4. The van der Waals surface area contributed by atoms with Crippen LogP contribution < -0.4 is 5.32 Å². The average Bonchev–Trinajstić information content (AvgIpc) is 2.88. The van der Waals surface area contributed by atoms with Crippen LogP contribution in [0.1, 0.15) is 15.9 Å². The maximum atomic E-state index is 12.1. The van der Waals surface area contributed by atoms with Crippen molar-refractivity contribution in [3.05, 3.63) is 64.9 Å². The number of carbonyl (C=O) groups excluding carboxylic acids is 1. The second-order valence-corrected chi connectivity index (χ2v) is 5.57. The van der Waals surface area contributed by atoms with Crippen LogP contribution >= 0.6 is 11.6 Å². The fourth-order valence-electron chi connectivity index (χ4n) is 2.40. The molecule has 0 spiro atoms. The number of nitrogens with zero attached hydrogens (tertiary/aromatic N) is 2. The largest absolute Gasteiger partial charge is 0.352 e. The smallest absolute Gasteiger partial charge is 0.252 e. The summed E-state index contributed by atoms with van der Waals surface area (Å²) < 4.78 is 1.98. The Morgan fingerprint density at radius 1 is 1.27 bits per heavy atom. The molecule has 3 rings (SSSR count). The number of halogens is 1. The third-order valence-electron chi connectivity index (χ3n) is 3.61. The van der Waals surface area contributed by atoms with E-state index < -0.39 is 0 Å². The van der Waals surface area contributed by atoms with Crippen LogP contribution in [-0.2, 0) is 13.5 Å². The van der Waals surface area contributed by atoms with Gasteiger partial charge < -0.3 is 9.88 Å². The van der Waals surface area contributed by atoms with Crippen molar-refractivity contribution >= 4 is 28.5 Å². The minimum atomic E-state index is -0.149. The van der Waals surface area contributed by atoms with Gasteiger partial charge in [0.15, 0.2) is 0 Å². The van der Waals surface area contributed by atoms with E-state index in [0.717, 1.165) is 23.0 Å². The van der Waals surface area contributed by atoms with Crippen molar-refractivity contribution in [3.63, 3.8) is 0 Å². The van der Waals surface area contributed by atoms with Gasteiger partial charge in [-0.05, 0) is 36.2 Å². The highest BCUT2D eigenvalue weighted by Crippen LogP contribution is 2.15. The van der Waals surface area contributed by atoms with E-state index in [2.05, 4.69) is 22.4 Å². The first-order valence-electron chi connectivity index (χ1n) is 7.08. The zero-order valence-electron chi connectivity index (χ0n) is 12.2. The van der Waals surface area contributed by atoms with Gasteiger partial charge in [-0.1, -0.05) is 29.8 Å². The molecule has 0 unspecified atom stereocenters. The Hall–Kier alpha value is -2.33. The predicted molar refractivity (Wildman–Crippen MR) is 88.2 cm³/mol. The second-order valence-electron chi connectivity index (χ2n) is 5.16. The second kappa shape index (κ2) is 6.20. The minimum absolute atomic E-state index is 0.149. The quantitative estimate of drug-likeness (QED) is 0.804. The molecule has 1 amide bonds. The van der Waals surface area contributed by atoms with E-state index in [9.17, 15) is 4.79 Å². The number of fused-ring (bicyclic) bond motifs is 1. The molecule has 0 saturated heterocycles. The fourth-order valence-corrected chi connectivity index (χ4v) is 2.62. The lowest BCUT2D eigenvalue weighted by atomic mass is 10.1. The standard InChI is InChI=1S/C17H16ClN3O/c1-21-11-20-15-10-12(6-7-16(15)21)8-9-19-17(22)13-4-2-3-5-14(13)18/h2-7,10-11H,8-9H2,1H3,(H,19,22). The topological polar surface area (TPSA) is 46.9 Å². The fraction of sp³-hybridized carbons (Fsp3) is 0.176. The van der Waals surface area contributed by atoms with Crippen LogP contribution in [0.25, 0.3) is 11.0 Å². The summed E-state index contributed by atoms with van der Waals surface area (Å²) in [6.07, 6.45) is 2.55. The molecule has 0 radical (unpaired) electrons. The maximum absolute atomic E-state index is 12.1. The van der Waals surface area contributed by atoms with Crippen LogP contribution in [0.4, 0.5) is 0 Å². The molecule has 0 atom stereocenters. The van der Waals surface area contributed by atoms with Gasteiger partial charge in [-0.2, -0.15) is 0 Å². The van der Waals surface area contributed by atoms with Gasteiger partial charge in [-0.3, -0.25) is 4.79 Å². The Morgan fingerprint density at radius 3 is 2.91 bits per heavy atom. The number of aryl methyl sites for hydroxylation is 1. The van der Waals surface area contributed by atoms with Gasteiger partial charge in [0.25, 0.3) is 5.91 Å². The lowest BCUT2D eigenvalue weighted by molar-refractivity contribution is 0.0954. The molecule has 0 saturated carbocycles. The van der Waals surface area contributed by atoms with Crippen molar-refractivity contribution in [3.8, 4) is 0 Å². The Morgan fingerprint density at radius 2 is 2.09 bits per heavy atom. The van der Waals surface area contributed by atoms with E-state index in [1.165, 1.54) is 0 Å². The molecule has 0 aliphatic carbocycles. The predicted octanol–water partition coefficient (Wildman–Crippen LogP) is 3.20. The van der Waals surface area contributed by atoms with Gasteiger partial charge in [0, 0.05) is 13.6 Å². The first-order chi connectivity index (χ1) is 10.6. The molecule has 1 aromatic heterocycles. The van der Waals surface area contributed by atoms with E-state index >= 15 is 0 Å². The number of benzene rings is 2. The van der Waals surface area contributed by atoms with Gasteiger partial charge in [-0.25, -0.2) is 4.98 Å². The molecule has 112 valence electrons. The van der Waals surface area contributed by atoms with Crippen LogP contribution in [0.2, 0.25) is 5.02 Å². The molecule has 1 N–H and O–H groups in total. The monoisotopic (exact) mass is 313 g/mol. The number of nitrogens with one attached hydrogen (secondary N) is 1. The van der Waals surface area contributed by atoms with Gasteiger partial charge in [0.05, 0.1) is 27.9 Å². The van der Waals surface area contributed by atoms with E-state index in [-0.39, 0.29) is 5.91 Å². The Bertz CT molecular complexity index is 826. The summed E-state index contributed by atoms with van der Waals surface area (Å²) in [7, 11) is 1.97. The van der Waals surface area contributed by atoms with Crippen molar-refractivity contribution < 1.29 is 4.79 Å². The lowest BCUT2D eigenvalue weighted by Crippen LogP contribution is -2.25. The molecular weight excluding hydrogens is 298 g/mol. The summed E-state index contributed by atoms with van der Waals surface area (Å²) in [5.74, 6) is -0.149. The highest BCUT2D eigenvalue weighted by Gasteiger charge is 2.08. The molecule has 2 aromatic carbocycles. The van der Waals surface area contributed by atoms with Crippen molar-refractivity contribution in [2.45, 2.75) is 6.42 Å². The van der Waals surface area contributed by atoms with Crippen LogP contribution in [0.3, 0.4) is 0 Å². The summed E-state index contributed by atoms with van der Waals surface area (Å²) in [6, 6.07) is 13.2. The highest BCUT2D eigenvalue weighted by molar-refractivity contribution is 6.33. The number of amides is 1. The number of hydrogen-bond acceptors (Lipinski definition) is 2. The van der Waals surface area contributed by atoms with Gasteiger partial charge in [-0.15, -0.1) is 0 Å². The molecule has 4 nitrogen and oxygen atoms in total. The molecule has 0 aliphatic rings. The molecule has 0 aliphatic heterocycles. The number of rotatable bonds is 4. The Balaban J connectivity index is 1.62. The summed E-state index contributed by atoms with van der Waals surface area (Å²) in [6.45, 7) is 0.558. The number of carbonyl (C=O) groups is 1. The minimum Gasteiger partial charge on any atom is -0.352 e. The van der Waals surface area contributed by atoms with E-state index in [4.69, 9.17) is 11.6 Å². The molecule has 0 bridgehead atoms. The Labute approximate surface area is 133 Å². The first kappa shape index (κ1) is 14.6.